The highest BCUT2D eigenvalue weighted by Gasteiger charge is 2.21. The zero-order valence-corrected chi connectivity index (χ0v) is 24.1. The number of nitrogens with zero attached hydrogens (tertiary/aromatic N) is 3. The molecule has 10 heteroatoms. The molecule has 0 spiro atoms. The van der Waals surface area contributed by atoms with Gasteiger partial charge < -0.3 is 0 Å². The van der Waals surface area contributed by atoms with Crippen LogP contribution in [0.2, 0.25) is 5.02 Å². The van der Waals surface area contributed by atoms with Crippen molar-refractivity contribution in [3.63, 3.8) is 0 Å². The Labute approximate surface area is 236 Å². The second-order valence-corrected chi connectivity index (χ2v) is 11.6. The molecule has 2 aromatic carbocycles. The normalized spacial score (nSPS) is 14.3. The summed E-state index contributed by atoms with van der Waals surface area (Å²) in [7, 11) is -1.63. The van der Waals surface area contributed by atoms with Crippen molar-refractivity contribution in [1.29, 1.82) is 0 Å². The number of hydrogen-bond acceptors (Lipinski definition) is 5. The molecule has 2 unspecified atom stereocenters. The average Bonchev–Trinajstić information content (AvgIpc) is 3.39. The monoisotopic (exact) mass is 585 g/mol. The van der Waals surface area contributed by atoms with Crippen LogP contribution in [0, 0.1) is 12.7 Å². The van der Waals surface area contributed by atoms with Crippen LogP contribution in [-0.2, 0) is 17.2 Å². The van der Waals surface area contributed by atoms with E-state index in [1.54, 1.807) is 42.8 Å². The van der Waals surface area contributed by atoms with E-state index in [-0.39, 0.29) is 27.1 Å². The molecular weight excluding hydrogens is 560 g/mol. The maximum atomic E-state index is 15.7. The number of aliphatic imine (C=N–C) groups is 1. The Morgan fingerprint density at radius 1 is 1.28 bits per heavy atom. The van der Waals surface area contributed by atoms with Gasteiger partial charge in [-0.05, 0) is 61.6 Å². The molecule has 0 N–H and O–H groups in total. The number of aromatic nitrogens is 2. The second kappa shape index (κ2) is 12.3. The van der Waals surface area contributed by atoms with Crippen molar-refractivity contribution < 1.29 is 13.0 Å². The lowest BCUT2D eigenvalue weighted by Crippen LogP contribution is -2.22. The lowest BCUT2D eigenvalue weighted by atomic mass is 9.93. The molecule has 0 saturated heterocycles. The van der Waals surface area contributed by atoms with Crippen molar-refractivity contribution in [3.8, 4) is 0 Å². The third-order valence-electron chi connectivity index (χ3n) is 6.25. The van der Waals surface area contributed by atoms with E-state index in [2.05, 4.69) is 9.98 Å². The number of aryl methyl sites for hydroxylation is 1. The molecule has 0 fully saturated rings. The lowest BCUT2D eigenvalue weighted by Gasteiger charge is -2.17. The molecule has 0 aliphatic carbocycles. The van der Waals surface area contributed by atoms with Gasteiger partial charge in [-0.1, -0.05) is 42.8 Å². The van der Waals surface area contributed by atoms with Crippen LogP contribution < -0.4 is 5.56 Å². The number of halogens is 3. The third-order valence-corrected chi connectivity index (χ3v) is 8.36. The van der Waals surface area contributed by atoms with E-state index in [0.717, 1.165) is 26.5 Å². The highest BCUT2D eigenvalue weighted by molar-refractivity contribution is 7.84. The fraction of sp³-hybridized carbons (Fsp3) is 0.207. The fourth-order valence-corrected chi connectivity index (χ4v) is 6.00. The number of thiazole rings is 1. The molecule has 0 aliphatic rings. The lowest BCUT2D eigenvalue weighted by molar-refractivity contribution is 0.591. The van der Waals surface area contributed by atoms with Gasteiger partial charge >= 0.3 is 0 Å². The number of benzene rings is 2. The van der Waals surface area contributed by atoms with Gasteiger partial charge in [-0.2, -0.15) is 0 Å². The van der Waals surface area contributed by atoms with E-state index in [1.165, 1.54) is 30.7 Å². The number of pyridine rings is 1. The van der Waals surface area contributed by atoms with E-state index in [9.17, 15) is 9.00 Å². The molecule has 0 saturated carbocycles. The smallest absolute Gasteiger partial charge is 0.273 e. The van der Waals surface area contributed by atoms with Crippen molar-refractivity contribution in [3.05, 3.63) is 110 Å². The Bertz CT molecular complexity index is 1720. The minimum atomic E-state index is -1.63. The van der Waals surface area contributed by atoms with Gasteiger partial charge in [0.1, 0.15) is 16.6 Å². The maximum absolute atomic E-state index is 15.7. The number of fused-ring (bicyclic) bond motifs is 1. The van der Waals surface area contributed by atoms with Crippen LogP contribution in [0.15, 0.2) is 80.8 Å². The van der Waals surface area contributed by atoms with Gasteiger partial charge in [0.2, 0.25) is 0 Å². The SMILES string of the molecule is C/C=C/N=C(/C(F)=C/n1c(C)cc(C(C)Cc2cccc3scnc23)c(Cl)c1=O)c1cccc(S(C)=O)c1F. The molecule has 4 rings (SSSR count). The Hall–Kier alpha value is -3.27. The van der Waals surface area contributed by atoms with Crippen LogP contribution in [0.4, 0.5) is 8.78 Å². The van der Waals surface area contributed by atoms with Gasteiger partial charge in [0, 0.05) is 23.7 Å². The van der Waals surface area contributed by atoms with Crippen LogP contribution >= 0.6 is 22.9 Å². The Morgan fingerprint density at radius 3 is 2.74 bits per heavy atom. The summed E-state index contributed by atoms with van der Waals surface area (Å²) in [6.07, 6.45) is 5.77. The standard InChI is InChI=1S/C29H26ClF2N3O2S2/c1-5-12-33-28(20-9-7-11-24(26(20)32)39(4)37)22(31)15-35-18(3)14-21(25(30)29(35)36)17(2)13-19-8-6-10-23-27(19)34-16-38-23/h5-12,14-17H,13H2,1-4H3/b12-5+,22-15-,33-28+. The molecule has 0 amide bonds. The van der Waals surface area contributed by atoms with E-state index in [0.29, 0.717) is 17.7 Å². The Kier molecular flexibility index (Phi) is 9.04. The van der Waals surface area contributed by atoms with Crippen LogP contribution in [0.25, 0.3) is 16.4 Å². The van der Waals surface area contributed by atoms with Crippen LogP contribution in [0.3, 0.4) is 0 Å². The third kappa shape index (κ3) is 6.00. The highest BCUT2D eigenvalue weighted by Crippen LogP contribution is 2.30. The first-order valence-electron chi connectivity index (χ1n) is 12.1. The largest absolute Gasteiger partial charge is 0.284 e. The van der Waals surface area contributed by atoms with Crippen molar-refractivity contribution in [2.75, 3.05) is 6.26 Å². The summed E-state index contributed by atoms with van der Waals surface area (Å²) in [5, 5.41) is -0.0240. The van der Waals surface area contributed by atoms with E-state index in [1.807, 2.05) is 25.1 Å². The topological polar surface area (TPSA) is 64.3 Å². The molecular formula is C29H26ClF2N3O2S2. The summed E-state index contributed by atoms with van der Waals surface area (Å²) in [5.41, 5.74) is 3.75. The number of allylic oxidation sites excluding steroid dienone is 2. The van der Waals surface area contributed by atoms with Gasteiger partial charge in [0.25, 0.3) is 5.56 Å². The molecule has 5 nitrogen and oxygen atoms in total. The maximum Gasteiger partial charge on any atom is 0.273 e. The number of rotatable bonds is 8. The summed E-state index contributed by atoms with van der Waals surface area (Å²) in [5.74, 6) is -1.91. The minimum absolute atomic E-state index is 0.0240. The fourth-order valence-electron chi connectivity index (χ4n) is 4.32. The quantitative estimate of drug-likeness (QED) is 0.202. The summed E-state index contributed by atoms with van der Waals surface area (Å²) in [6.45, 7) is 5.32. The predicted octanol–water partition coefficient (Wildman–Crippen LogP) is 7.43. The second-order valence-electron chi connectivity index (χ2n) is 8.96. The first-order chi connectivity index (χ1) is 18.6. The Morgan fingerprint density at radius 2 is 2.03 bits per heavy atom. The predicted molar refractivity (Wildman–Crippen MR) is 158 cm³/mol. The molecule has 2 aromatic heterocycles. The van der Waals surface area contributed by atoms with E-state index in [4.69, 9.17) is 11.6 Å². The average molecular weight is 586 g/mol. The molecule has 2 heterocycles. The van der Waals surface area contributed by atoms with Crippen LogP contribution in [0.1, 0.15) is 42.1 Å². The van der Waals surface area contributed by atoms with Crippen molar-refractivity contribution in [2.45, 2.75) is 38.0 Å². The minimum Gasteiger partial charge on any atom is -0.284 e. The summed E-state index contributed by atoms with van der Waals surface area (Å²) < 4.78 is 44.9. The zero-order chi connectivity index (χ0) is 28.3. The van der Waals surface area contributed by atoms with E-state index < -0.39 is 28.0 Å². The zero-order valence-electron chi connectivity index (χ0n) is 21.7. The first-order valence-corrected chi connectivity index (χ1v) is 14.9. The molecule has 2 atom stereocenters. The molecule has 39 heavy (non-hydrogen) atoms. The van der Waals surface area contributed by atoms with Crippen molar-refractivity contribution >= 4 is 55.9 Å². The highest BCUT2D eigenvalue weighted by atomic mass is 35.5. The molecule has 202 valence electrons. The van der Waals surface area contributed by atoms with Gasteiger partial charge in [-0.3, -0.25) is 18.6 Å². The number of hydrogen-bond donors (Lipinski definition) is 0. The van der Waals surface area contributed by atoms with Gasteiger partial charge in [0.15, 0.2) is 5.83 Å². The van der Waals surface area contributed by atoms with Crippen molar-refractivity contribution in [1.82, 2.24) is 9.55 Å². The van der Waals surface area contributed by atoms with Crippen LogP contribution in [0.5, 0.6) is 0 Å². The summed E-state index contributed by atoms with van der Waals surface area (Å²) in [6, 6.07) is 11.9. The Balaban J connectivity index is 1.74. The molecule has 0 aliphatic heterocycles. The van der Waals surface area contributed by atoms with Crippen LogP contribution in [-0.4, -0.2) is 25.7 Å². The van der Waals surface area contributed by atoms with Gasteiger partial charge in [-0.25, -0.2) is 13.8 Å². The molecule has 4 aromatic rings. The first kappa shape index (κ1) is 28.7. The number of para-hydroxylation sites is 1. The molecule has 0 radical (unpaired) electrons. The molecule has 0 bridgehead atoms. The summed E-state index contributed by atoms with van der Waals surface area (Å²) >= 11 is 8.10. The van der Waals surface area contributed by atoms with Gasteiger partial charge in [-0.15, -0.1) is 11.3 Å². The van der Waals surface area contributed by atoms with Crippen molar-refractivity contribution in [2.24, 2.45) is 4.99 Å². The van der Waals surface area contributed by atoms with E-state index >= 15 is 8.78 Å². The van der Waals surface area contributed by atoms with Gasteiger partial charge in [0.05, 0.1) is 37.6 Å². The summed E-state index contributed by atoms with van der Waals surface area (Å²) in [4.78, 5) is 21.8.